The van der Waals surface area contributed by atoms with Crippen molar-refractivity contribution in [3.8, 4) is 0 Å². The fraction of sp³-hybridized carbons (Fsp3) is 0.600. The molecule has 0 aromatic carbocycles. The van der Waals surface area contributed by atoms with Crippen molar-refractivity contribution in [2.24, 2.45) is 7.05 Å². The van der Waals surface area contributed by atoms with Crippen LogP contribution in [-0.4, -0.2) is 28.4 Å². The van der Waals surface area contributed by atoms with Gasteiger partial charge >= 0.3 is 0 Å². The predicted molar refractivity (Wildman–Crippen MR) is 57.5 cm³/mol. The molecule has 5 heteroatoms. The van der Waals surface area contributed by atoms with Crippen molar-refractivity contribution in [3.05, 3.63) is 12.3 Å². The number of aryl methyl sites for hydroxylation is 1. The number of nitrogens with one attached hydrogen (secondary N) is 1. The predicted octanol–water partition coefficient (Wildman–Crippen LogP) is 1.17. The zero-order chi connectivity index (χ0) is 11.3. The highest BCUT2D eigenvalue weighted by molar-refractivity contribution is 5.93. The van der Waals surface area contributed by atoms with Gasteiger partial charge in [0.1, 0.15) is 6.10 Å². The Hall–Kier alpha value is -1.36. The van der Waals surface area contributed by atoms with Crippen molar-refractivity contribution in [2.75, 3.05) is 11.9 Å². The number of ether oxygens (including phenoxy) is 1. The van der Waals surface area contributed by atoms with E-state index in [0.29, 0.717) is 18.8 Å². The van der Waals surface area contributed by atoms with E-state index in [2.05, 4.69) is 10.4 Å². The summed E-state index contributed by atoms with van der Waals surface area (Å²) >= 11 is 0. The Morgan fingerprint density at radius 2 is 2.40 bits per heavy atom. The molecule has 0 spiro atoms. The molecular formula is C10H17N3O2. The minimum atomic E-state index is -0.392. The van der Waals surface area contributed by atoms with Crippen LogP contribution in [0.15, 0.2) is 12.3 Å². The van der Waals surface area contributed by atoms with Crippen LogP contribution in [0.3, 0.4) is 0 Å². The van der Waals surface area contributed by atoms with Crippen molar-refractivity contribution in [1.29, 1.82) is 0 Å². The number of aromatic nitrogens is 2. The number of hydrogen-bond donors (Lipinski definition) is 1. The van der Waals surface area contributed by atoms with Crippen LogP contribution in [0, 0.1) is 0 Å². The molecule has 0 saturated carbocycles. The van der Waals surface area contributed by atoms with Crippen LogP contribution < -0.4 is 5.32 Å². The summed E-state index contributed by atoms with van der Waals surface area (Å²) in [6, 6.07) is 1.75. The van der Waals surface area contributed by atoms with Gasteiger partial charge in [-0.2, -0.15) is 5.10 Å². The van der Waals surface area contributed by atoms with Gasteiger partial charge in [0.25, 0.3) is 5.91 Å². The van der Waals surface area contributed by atoms with Crippen molar-refractivity contribution in [3.63, 3.8) is 0 Å². The average Bonchev–Trinajstić information content (AvgIpc) is 2.60. The summed E-state index contributed by atoms with van der Waals surface area (Å²) in [5.41, 5.74) is 0. The van der Waals surface area contributed by atoms with E-state index in [0.717, 1.165) is 0 Å². The van der Waals surface area contributed by atoms with Crippen LogP contribution in [0.1, 0.15) is 20.3 Å². The molecule has 0 aliphatic heterocycles. The zero-order valence-corrected chi connectivity index (χ0v) is 9.36. The smallest absolute Gasteiger partial charge is 0.254 e. The lowest BCUT2D eigenvalue weighted by Gasteiger charge is -2.13. The first-order chi connectivity index (χ1) is 7.17. The number of carbonyl (C=O) groups excluding carboxylic acids is 1. The summed E-state index contributed by atoms with van der Waals surface area (Å²) in [6.45, 7) is 4.32. The molecule has 1 amide bonds. The Kier molecular flexibility index (Phi) is 4.30. The number of carbonyl (C=O) groups is 1. The molecule has 0 saturated heterocycles. The Morgan fingerprint density at radius 3 is 2.87 bits per heavy atom. The standard InChI is InChI=1S/C10H17N3O2/c1-4-8(15-5-2)10(14)11-9-6-7-13(3)12-9/h6-8H,4-5H2,1-3H3,(H,11,12,14)/t8-/m1/s1. The lowest BCUT2D eigenvalue weighted by Crippen LogP contribution is -2.30. The van der Waals surface area contributed by atoms with Crippen LogP contribution in [0.2, 0.25) is 0 Å². The molecule has 5 nitrogen and oxygen atoms in total. The van der Waals surface area contributed by atoms with Crippen molar-refractivity contribution < 1.29 is 9.53 Å². The zero-order valence-electron chi connectivity index (χ0n) is 9.36. The van der Waals surface area contributed by atoms with Gasteiger partial charge in [0.05, 0.1) is 0 Å². The van der Waals surface area contributed by atoms with Crippen LogP contribution in [-0.2, 0) is 16.6 Å². The highest BCUT2D eigenvalue weighted by Gasteiger charge is 2.16. The molecule has 0 bridgehead atoms. The van der Waals surface area contributed by atoms with Gasteiger partial charge in [0, 0.05) is 25.9 Å². The maximum atomic E-state index is 11.7. The fourth-order valence-electron chi connectivity index (χ4n) is 1.27. The van der Waals surface area contributed by atoms with E-state index in [4.69, 9.17) is 4.74 Å². The Morgan fingerprint density at radius 1 is 1.67 bits per heavy atom. The summed E-state index contributed by atoms with van der Waals surface area (Å²) < 4.78 is 6.92. The van der Waals surface area contributed by atoms with Gasteiger partial charge in [-0.05, 0) is 13.3 Å². The normalized spacial score (nSPS) is 12.5. The van der Waals surface area contributed by atoms with E-state index < -0.39 is 6.10 Å². The second-order valence-electron chi connectivity index (χ2n) is 3.22. The average molecular weight is 211 g/mol. The lowest BCUT2D eigenvalue weighted by molar-refractivity contribution is -0.127. The lowest BCUT2D eigenvalue weighted by atomic mass is 10.2. The van der Waals surface area contributed by atoms with Crippen molar-refractivity contribution in [1.82, 2.24) is 9.78 Å². The molecule has 1 aromatic rings. The quantitative estimate of drug-likeness (QED) is 0.795. The third kappa shape index (κ3) is 3.36. The molecule has 0 aliphatic rings. The van der Waals surface area contributed by atoms with E-state index in [-0.39, 0.29) is 5.91 Å². The maximum Gasteiger partial charge on any atom is 0.254 e. The minimum Gasteiger partial charge on any atom is -0.369 e. The van der Waals surface area contributed by atoms with E-state index >= 15 is 0 Å². The van der Waals surface area contributed by atoms with Gasteiger partial charge in [-0.25, -0.2) is 0 Å². The number of rotatable bonds is 5. The number of amides is 1. The molecule has 15 heavy (non-hydrogen) atoms. The van der Waals surface area contributed by atoms with Crippen LogP contribution in [0.5, 0.6) is 0 Å². The molecule has 0 radical (unpaired) electrons. The van der Waals surface area contributed by atoms with Gasteiger partial charge in [-0.15, -0.1) is 0 Å². The van der Waals surface area contributed by atoms with Crippen LogP contribution >= 0.6 is 0 Å². The third-order valence-electron chi connectivity index (χ3n) is 2.00. The topological polar surface area (TPSA) is 56.1 Å². The summed E-state index contributed by atoms with van der Waals surface area (Å²) in [4.78, 5) is 11.7. The second kappa shape index (κ2) is 5.50. The second-order valence-corrected chi connectivity index (χ2v) is 3.22. The number of nitrogens with zero attached hydrogens (tertiary/aromatic N) is 2. The van der Waals surface area contributed by atoms with Crippen molar-refractivity contribution in [2.45, 2.75) is 26.4 Å². The van der Waals surface area contributed by atoms with Gasteiger partial charge in [0.2, 0.25) is 0 Å². The molecule has 1 rings (SSSR count). The fourth-order valence-corrected chi connectivity index (χ4v) is 1.27. The Labute approximate surface area is 89.4 Å². The van der Waals surface area contributed by atoms with Crippen LogP contribution in [0.4, 0.5) is 5.82 Å². The molecule has 0 fully saturated rings. The molecule has 1 N–H and O–H groups in total. The molecule has 84 valence electrons. The summed E-state index contributed by atoms with van der Waals surface area (Å²) in [6.07, 6.45) is 2.04. The largest absolute Gasteiger partial charge is 0.369 e. The van der Waals surface area contributed by atoms with Gasteiger partial charge in [0.15, 0.2) is 5.82 Å². The molecule has 1 aromatic heterocycles. The summed E-state index contributed by atoms with van der Waals surface area (Å²) in [5.74, 6) is 0.415. The number of hydrogen-bond acceptors (Lipinski definition) is 3. The Balaban J connectivity index is 2.53. The van der Waals surface area contributed by atoms with Crippen LogP contribution in [0.25, 0.3) is 0 Å². The first-order valence-corrected chi connectivity index (χ1v) is 5.09. The maximum absolute atomic E-state index is 11.7. The molecule has 1 heterocycles. The van der Waals surface area contributed by atoms with E-state index in [1.807, 2.05) is 13.8 Å². The Bertz CT molecular complexity index is 322. The highest BCUT2D eigenvalue weighted by atomic mass is 16.5. The summed E-state index contributed by atoms with van der Waals surface area (Å²) in [7, 11) is 1.80. The van der Waals surface area contributed by atoms with Gasteiger partial charge in [-0.1, -0.05) is 6.92 Å². The molecule has 0 unspecified atom stereocenters. The van der Waals surface area contributed by atoms with E-state index in [1.165, 1.54) is 0 Å². The highest BCUT2D eigenvalue weighted by Crippen LogP contribution is 2.05. The number of anilines is 1. The first-order valence-electron chi connectivity index (χ1n) is 5.09. The molecule has 0 aliphatic carbocycles. The monoisotopic (exact) mass is 211 g/mol. The molecular weight excluding hydrogens is 194 g/mol. The SMILES string of the molecule is CCO[C@H](CC)C(=O)Nc1ccn(C)n1. The van der Waals surface area contributed by atoms with E-state index in [1.54, 1.807) is 24.0 Å². The minimum absolute atomic E-state index is 0.141. The van der Waals surface area contributed by atoms with Gasteiger partial charge in [-0.3, -0.25) is 9.48 Å². The molecule has 1 atom stereocenters. The van der Waals surface area contributed by atoms with Crippen molar-refractivity contribution >= 4 is 11.7 Å². The first kappa shape index (κ1) is 11.7. The van der Waals surface area contributed by atoms with Gasteiger partial charge < -0.3 is 10.1 Å². The summed E-state index contributed by atoms with van der Waals surface area (Å²) in [5, 5.41) is 6.76. The third-order valence-corrected chi connectivity index (χ3v) is 2.00. The van der Waals surface area contributed by atoms with E-state index in [9.17, 15) is 4.79 Å².